The van der Waals surface area contributed by atoms with Gasteiger partial charge in [0.15, 0.2) is 5.15 Å². The number of amides is 1. The van der Waals surface area contributed by atoms with Crippen LogP contribution in [0.25, 0.3) is 17.0 Å². The summed E-state index contributed by atoms with van der Waals surface area (Å²) >= 11 is 6.19. The molecule has 0 atom stereocenters. The Balaban J connectivity index is 1.71. The van der Waals surface area contributed by atoms with Crippen LogP contribution in [0.4, 0.5) is 5.69 Å². The second-order valence-corrected chi connectivity index (χ2v) is 7.56. The van der Waals surface area contributed by atoms with E-state index in [0.29, 0.717) is 5.69 Å². The number of nitrogens with one attached hydrogen (secondary N) is 1. The Morgan fingerprint density at radius 3 is 2.56 bits per heavy atom. The third-order valence-corrected chi connectivity index (χ3v) is 5.23. The van der Waals surface area contributed by atoms with Crippen molar-refractivity contribution in [2.75, 3.05) is 5.32 Å². The normalized spacial score (nSPS) is 11.9. The zero-order chi connectivity index (χ0) is 19.4. The molecule has 138 valence electrons. The highest BCUT2D eigenvalue weighted by atomic mass is 35.5. The Labute approximate surface area is 165 Å². The molecule has 3 nitrogen and oxygen atoms in total. The van der Waals surface area contributed by atoms with Gasteiger partial charge in [0.25, 0.3) is 0 Å². The summed E-state index contributed by atoms with van der Waals surface area (Å²) in [7, 11) is 0. The third-order valence-electron chi connectivity index (χ3n) is 4.94. The number of aromatic nitrogens is 1. The van der Waals surface area contributed by atoms with Crippen molar-refractivity contribution >= 4 is 40.2 Å². The molecule has 3 aromatic rings. The number of benzene rings is 2. The van der Waals surface area contributed by atoms with E-state index in [0.717, 1.165) is 22.9 Å². The van der Waals surface area contributed by atoms with Crippen LogP contribution >= 0.6 is 11.6 Å². The number of halogens is 1. The van der Waals surface area contributed by atoms with Gasteiger partial charge in [-0.2, -0.15) is 0 Å². The fourth-order valence-electron chi connectivity index (χ4n) is 2.78. The average Bonchev–Trinajstić information content (AvgIpc) is 2.67. The quantitative estimate of drug-likeness (QED) is 0.422. The summed E-state index contributed by atoms with van der Waals surface area (Å²) in [6, 6.07) is 17.8. The summed E-state index contributed by atoms with van der Waals surface area (Å²) in [4.78, 5) is 16.6. The van der Waals surface area contributed by atoms with Crippen LogP contribution in [-0.4, -0.2) is 10.9 Å². The maximum absolute atomic E-state index is 12.3. The largest absolute Gasteiger partial charge is 0.320 e. The predicted molar refractivity (Wildman–Crippen MR) is 114 cm³/mol. The maximum Gasteiger partial charge on any atom is 0.248 e. The molecule has 0 aliphatic rings. The molecule has 0 aliphatic heterocycles. The van der Waals surface area contributed by atoms with Crippen LogP contribution in [0.5, 0.6) is 0 Å². The van der Waals surface area contributed by atoms with E-state index in [1.165, 1.54) is 11.6 Å². The van der Waals surface area contributed by atoms with E-state index >= 15 is 0 Å². The molecule has 0 spiro atoms. The van der Waals surface area contributed by atoms with Gasteiger partial charge in [-0.3, -0.25) is 4.79 Å². The standard InChI is InChI=1S/C23H23ClN2O/c1-4-23(2,3)18-12-9-16(10-13-18)11-14-21(27)25-20-15-17-7-5-6-8-19(17)26-22(20)24/h5-15H,4H2,1-3H3,(H,25,27). The van der Waals surface area contributed by atoms with Gasteiger partial charge in [0.2, 0.25) is 5.91 Å². The van der Waals surface area contributed by atoms with Gasteiger partial charge in [-0.25, -0.2) is 4.98 Å². The summed E-state index contributed by atoms with van der Waals surface area (Å²) in [6.45, 7) is 6.64. The molecule has 0 bridgehead atoms. The molecule has 1 aromatic heterocycles. The van der Waals surface area contributed by atoms with Crippen LogP contribution < -0.4 is 5.32 Å². The molecule has 1 N–H and O–H groups in total. The summed E-state index contributed by atoms with van der Waals surface area (Å²) in [5.41, 5.74) is 3.72. The fraction of sp³-hybridized carbons (Fsp3) is 0.217. The molecule has 3 rings (SSSR count). The van der Waals surface area contributed by atoms with Crippen molar-refractivity contribution in [3.05, 3.63) is 77.0 Å². The lowest BCUT2D eigenvalue weighted by atomic mass is 9.82. The number of hydrogen-bond acceptors (Lipinski definition) is 2. The highest BCUT2D eigenvalue weighted by Gasteiger charge is 2.17. The minimum absolute atomic E-state index is 0.152. The molecule has 1 heterocycles. The average molecular weight is 379 g/mol. The van der Waals surface area contributed by atoms with Crippen LogP contribution in [0.15, 0.2) is 60.7 Å². The molecular weight excluding hydrogens is 356 g/mol. The van der Waals surface area contributed by atoms with Crippen molar-refractivity contribution in [3.63, 3.8) is 0 Å². The topological polar surface area (TPSA) is 42.0 Å². The third kappa shape index (κ3) is 4.55. The second kappa shape index (κ2) is 7.93. The van der Waals surface area contributed by atoms with Crippen molar-refractivity contribution in [3.8, 4) is 0 Å². The molecule has 0 fully saturated rings. The first-order chi connectivity index (χ1) is 12.9. The van der Waals surface area contributed by atoms with Crippen molar-refractivity contribution in [2.45, 2.75) is 32.6 Å². The van der Waals surface area contributed by atoms with Crippen LogP contribution in [0.2, 0.25) is 5.15 Å². The molecule has 0 saturated heterocycles. The zero-order valence-corrected chi connectivity index (χ0v) is 16.5. The van der Waals surface area contributed by atoms with Crippen molar-refractivity contribution in [1.82, 2.24) is 4.98 Å². The number of hydrogen-bond donors (Lipinski definition) is 1. The van der Waals surface area contributed by atoms with Gasteiger partial charge in [0, 0.05) is 11.5 Å². The zero-order valence-electron chi connectivity index (χ0n) is 15.8. The van der Waals surface area contributed by atoms with Gasteiger partial charge in [-0.05, 0) is 41.2 Å². The minimum Gasteiger partial charge on any atom is -0.320 e. The Bertz CT molecular complexity index is 991. The Kier molecular flexibility index (Phi) is 5.62. The highest BCUT2D eigenvalue weighted by Crippen LogP contribution is 2.27. The van der Waals surface area contributed by atoms with E-state index in [4.69, 9.17) is 11.6 Å². The summed E-state index contributed by atoms with van der Waals surface area (Å²) in [6.07, 6.45) is 4.37. The van der Waals surface area contributed by atoms with Crippen LogP contribution in [0, 0.1) is 0 Å². The fourth-order valence-corrected chi connectivity index (χ4v) is 2.97. The number of carbonyl (C=O) groups is 1. The number of para-hydroxylation sites is 1. The molecule has 0 aliphatic carbocycles. The van der Waals surface area contributed by atoms with Gasteiger partial charge in [0.05, 0.1) is 11.2 Å². The Morgan fingerprint density at radius 1 is 1.15 bits per heavy atom. The highest BCUT2D eigenvalue weighted by molar-refractivity contribution is 6.33. The van der Waals surface area contributed by atoms with E-state index in [1.54, 1.807) is 6.08 Å². The number of rotatable bonds is 5. The van der Waals surface area contributed by atoms with E-state index in [9.17, 15) is 4.79 Å². The second-order valence-electron chi connectivity index (χ2n) is 7.20. The lowest BCUT2D eigenvalue weighted by molar-refractivity contribution is -0.111. The minimum atomic E-state index is -0.244. The van der Waals surface area contributed by atoms with Gasteiger partial charge in [-0.1, -0.05) is 74.8 Å². The number of nitrogens with zero attached hydrogens (tertiary/aromatic N) is 1. The molecule has 1 amide bonds. The van der Waals surface area contributed by atoms with E-state index in [-0.39, 0.29) is 16.5 Å². The van der Waals surface area contributed by atoms with Crippen LogP contribution in [0.1, 0.15) is 38.3 Å². The van der Waals surface area contributed by atoms with Gasteiger partial charge in [-0.15, -0.1) is 0 Å². The summed E-state index contributed by atoms with van der Waals surface area (Å²) < 4.78 is 0. The molecule has 0 unspecified atom stereocenters. The van der Waals surface area contributed by atoms with Gasteiger partial charge < -0.3 is 5.32 Å². The lowest BCUT2D eigenvalue weighted by Crippen LogP contribution is -2.15. The van der Waals surface area contributed by atoms with Gasteiger partial charge in [0.1, 0.15) is 0 Å². The van der Waals surface area contributed by atoms with Crippen molar-refractivity contribution < 1.29 is 4.79 Å². The molecule has 2 aromatic carbocycles. The Hall–Kier alpha value is -2.65. The number of fused-ring (bicyclic) bond motifs is 1. The smallest absolute Gasteiger partial charge is 0.248 e. The summed E-state index contributed by atoms with van der Waals surface area (Å²) in [5, 5.41) is 4.00. The maximum atomic E-state index is 12.3. The van der Waals surface area contributed by atoms with E-state index in [2.05, 4.69) is 43.2 Å². The molecule has 4 heteroatoms. The molecule has 27 heavy (non-hydrogen) atoms. The monoisotopic (exact) mass is 378 g/mol. The molecular formula is C23H23ClN2O. The summed E-state index contributed by atoms with van der Waals surface area (Å²) in [5.74, 6) is -0.244. The number of pyridine rings is 1. The van der Waals surface area contributed by atoms with E-state index < -0.39 is 0 Å². The SMILES string of the molecule is CCC(C)(C)c1ccc(C=CC(=O)Nc2cc3ccccc3nc2Cl)cc1. The number of carbonyl (C=O) groups excluding carboxylic acids is 1. The molecule has 0 radical (unpaired) electrons. The lowest BCUT2D eigenvalue weighted by Gasteiger charge is -2.23. The first kappa shape index (κ1) is 19.1. The van der Waals surface area contributed by atoms with Crippen molar-refractivity contribution in [1.29, 1.82) is 0 Å². The predicted octanol–water partition coefficient (Wildman–Crippen LogP) is 6.23. The van der Waals surface area contributed by atoms with Crippen molar-refractivity contribution in [2.24, 2.45) is 0 Å². The van der Waals surface area contributed by atoms with Gasteiger partial charge >= 0.3 is 0 Å². The number of anilines is 1. The first-order valence-corrected chi connectivity index (χ1v) is 9.42. The van der Waals surface area contributed by atoms with E-state index in [1.807, 2.05) is 42.5 Å². The van der Waals surface area contributed by atoms with Crippen LogP contribution in [0.3, 0.4) is 0 Å². The first-order valence-electron chi connectivity index (χ1n) is 9.04. The van der Waals surface area contributed by atoms with Crippen LogP contribution in [-0.2, 0) is 10.2 Å². The Morgan fingerprint density at radius 2 is 1.85 bits per heavy atom. The molecule has 0 saturated carbocycles.